The molecule has 0 aliphatic rings. The molecule has 5 heteroatoms. The lowest BCUT2D eigenvalue weighted by molar-refractivity contribution is 0.585. The highest BCUT2D eigenvalue weighted by Gasteiger charge is 1.98. The maximum atomic E-state index is 4.09. The third-order valence-corrected chi connectivity index (χ3v) is 1.99. The molecule has 2 rings (SSSR count). The summed E-state index contributed by atoms with van der Waals surface area (Å²) in [4.78, 5) is 3.87. The molecule has 0 aliphatic heterocycles. The van der Waals surface area contributed by atoms with Crippen molar-refractivity contribution in [2.24, 2.45) is 7.05 Å². The molecular formula is C8H11N5. The van der Waals surface area contributed by atoms with Crippen molar-refractivity contribution >= 4 is 0 Å². The fourth-order valence-corrected chi connectivity index (χ4v) is 1.22. The van der Waals surface area contributed by atoms with Gasteiger partial charge in [0.15, 0.2) is 0 Å². The summed E-state index contributed by atoms with van der Waals surface area (Å²) in [5.41, 5.74) is 1.20. The van der Waals surface area contributed by atoms with Crippen molar-refractivity contribution < 1.29 is 0 Å². The zero-order chi connectivity index (χ0) is 9.10. The van der Waals surface area contributed by atoms with Gasteiger partial charge >= 0.3 is 0 Å². The predicted molar refractivity (Wildman–Crippen MR) is 46.9 cm³/mol. The van der Waals surface area contributed by atoms with Crippen molar-refractivity contribution in [1.29, 1.82) is 0 Å². The van der Waals surface area contributed by atoms with E-state index in [1.54, 1.807) is 18.9 Å². The van der Waals surface area contributed by atoms with Gasteiger partial charge in [0.25, 0.3) is 0 Å². The summed E-state index contributed by atoms with van der Waals surface area (Å²) in [5.74, 6) is 0. The fraction of sp³-hybridized carbons (Fsp3) is 0.375. The Morgan fingerprint density at radius 3 is 2.92 bits per heavy atom. The molecule has 0 fully saturated rings. The van der Waals surface area contributed by atoms with E-state index in [-0.39, 0.29) is 0 Å². The monoisotopic (exact) mass is 177 g/mol. The van der Waals surface area contributed by atoms with E-state index in [4.69, 9.17) is 0 Å². The van der Waals surface area contributed by atoms with Crippen molar-refractivity contribution in [2.75, 3.05) is 0 Å². The van der Waals surface area contributed by atoms with Crippen LogP contribution in [0, 0.1) is 0 Å². The largest absolute Gasteiger partial charge is 0.273 e. The van der Waals surface area contributed by atoms with Crippen LogP contribution >= 0.6 is 0 Å². The van der Waals surface area contributed by atoms with E-state index in [1.165, 1.54) is 5.69 Å². The summed E-state index contributed by atoms with van der Waals surface area (Å²) >= 11 is 0. The highest BCUT2D eigenvalue weighted by molar-refractivity contribution is 4.99. The van der Waals surface area contributed by atoms with Crippen LogP contribution in [0.4, 0.5) is 0 Å². The Hall–Kier alpha value is -1.65. The van der Waals surface area contributed by atoms with Crippen LogP contribution in [0.25, 0.3) is 0 Å². The normalized spacial score (nSPS) is 10.5. The van der Waals surface area contributed by atoms with Gasteiger partial charge in [0, 0.05) is 31.9 Å². The van der Waals surface area contributed by atoms with E-state index < -0.39 is 0 Å². The van der Waals surface area contributed by atoms with Crippen molar-refractivity contribution in [3.63, 3.8) is 0 Å². The summed E-state index contributed by atoms with van der Waals surface area (Å²) in [5, 5.41) is 8.11. The van der Waals surface area contributed by atoms with Gasteiger partial charge in [-0.15, -0.1) is 0 Å². The van der Waals surface area contributed by atoms with Gasteiger partial charge in [-0.05, 0) is 6.07 Å². The number of aryl methyl sites for hydroxylation is 3. The van der Waals surface area contributed by atoms with Crippen molar-refractivity contribution in [3.05, 3.63) is 30.6 Å². The standard InChI is InChI=1S/C8H11N5/c1-12-8(2-4-10-12)3-5-13-7-9-6-11-13/h2,4,6-7H,3,5H2,1H3. The lowest BCUT2D eigenvalue weighted by Gasteiger charge is -2.01. The Kier molecular flexibility index (Phi) is 2.08. The molecule has 0 unspecified atom stereocenters. The molecule has 5 nitrogen and oxygen atoms in total. The molecule has 0 saturated carbocycles. The summed E-state index contributed by atoms with van der Waals surface area (Å²) in [6.07, 6.45) is 6.00. The average Bonchev–Trinajstić information content (AvgIpc) is 2.72. The van der Waals surface area contributed by atoms with E-state index in [1.807, 2.05) is 22.5 Å². The molecule has 0 spiro atoms. The minimum atomic E-state index is 0.847. The van der Waals surface area contributed by atoms with E-state index in [9.17, 15) is 0 Å². The summed E-state index contributed by atoms with van der Waals surface area (Å²) in [6.45, 7) is 0.847. The number of rotatable bonds is 3. The molecule has 0 aromatic carbocycles. The molecule has 13 heavy (non-hydrogen) atoms. The molecule has 0 bridgehead atoms. The average molecular weight is 177 g/mol. The highest BCUT2D eigenvalue weighted by Crippen LogP contribution is 1.98. The van der Waals surface area contributed by atoms with Crippen LogP contribution in [0.15, 0.2) is 24.9 Å². The topological polar surface area (TPSA) is 48.5 Å². The van der Waals surface area contributed by atoms with Crippen molar-refractivity contribution in [3.8, 4) is 0 Å². The Bertz CT molecular complexity index is 362. The van der Waals surface area contributed by atoms with Gasteiger partial charge in [-0.2, -0.15) is 10.2 Å². The third kappa shape index (κ3) is 1.74. The summed E-state index contributed by atoms with van der Waals surface area (Å²) in [7, 11) is 1.94. The van der Waals surface area contributed by atoms with Gasteiger partial charge in [0.1, 0.15) is 12.7 Å². The van der Waals surface area contributed by atoms with Gasteiger partial charge in [0.2, 0.25) is 0 Å². The minimum absolute atomic E-state index is 0.847. The van der Waals surface area contributed by atoms with Gasteiger partial charge in [-0.1, -0.05) is 0 Å². The van der Waals surface area contributed by atoms with Crippen molar-refractivity contribution in [1.82, 2.24) is 24.5 Å². The summed E-state index contributed by atoms with van der Waals surface area (Å²) in [6, 6.07) is 2.01. The van der Waals surface area contributed by atoms with Crippen LogP contribution < -0.4 is 0 Å². The highest BCUT2D eigenvalue weighted by atomic mass is 15.3. The Morgan fingerprint density at radius 1 is 1.38 bits per heavy atom. The van der Waals surface area contributed by atoms with Crippen LogP contribution in [0.1, 0.15) is 5.69 Å². The minimum Gasteiger partial charge on any atom is -0.273 e. The maximum Gasteiger partial charge on any atom is 0.137 e. The molecule has 0 aliphatic carbocycles. The van der Waals surface area contributed by atoms with Crippen LogP contribution in [0.5, 0.6) is 0 Å². The first-order valence-electron chi connectivity index (χ1n) is 4.15. The van der Waals surface area contributed by atoms with Crippen LogP contribution in [0.2, 0.25) is 0 Å². The molecule has 0 N–H and O–H groups in total. The zero-order valence-corrected chi connectivity index (χ0v) is 7.46. The lowest BCUT2D eigenvalue weighted by Crippen LogP contribution is -2.05. The molecule has 2 aromatic heterocycles. The fourth-order valence-electron chi connectivity index (χ4n) is 1.22. The van der Waals surface area contributed by atoms with E-state index in [0.29, 0.717) is 0 Å². The van der Waals surface area contributed by atoms with Gasteiger partial charge in [-0.25, -0.2) is 4.98 Å². The molecular weight excluding hydrogens is 166 g/mol. The number of hydrogen-bond acceptors (Lipinski definition) is 3. The van der Waals surface area contributed by atoms with E-state index >= 15 is 0 Å². The van der Waals surface area contributed by atoms with Gasteiger partial charge < -0.3 is 0 Å². The first-order valence-corrected chi connectivity index (χ1v) is 4.15. The van der Waals surface area contributed by atoms with E-state index in [2.05, 4.69) is 15.2 Å². The predicted octanol–water partition coefficient (Wildman–Crippen LogP) is 0.254. The molecule has 0 amide bonds. The second-order valence-electron chi connectivity index (χ2n) is 2.85. The molecule has 2 heterocycles. The molecule has 0 radical (unpaired) electrons. The first kappa shape index (κ1) is 7.97. The Balaban J connectivity index is 1.97. The third-order valence-electron chi connectivity index (χ3n) is 1.99. The van der Waals surface area contributed by atoms with Crippen molar-refractivity contribution in [2.45, 2.75) is 13.0 Å². The first-order chi connectivity index (χ1) is 6.36. The zero-order valence-electron chi connectivity index (χ0n) is 7.46. The number of aromatic nitrogens is 5. The van der Waals surface area contributed by atoms with E-state index in [0.717, 1.165) is 13.0 Å². The molecule has 0 saturated heterocycles. The van der Waals surface area contributed by atoms with Crippen LogP contribution in [-0.4, -0.2) is 24.5 Å². The van der Waals surface area contributed by atoms with Crippen LogP contribution in [0.3, 0.4) is 0 Å². The smallest absolute Gasteiger partial charge is 0.137 e. The van der Waals surface area contributed by atoms with Crippen LogP contribution in [-0.2, 0) is 20.0 Å². The maximum absolute atomic E-state index is 4.09. The Morgan fingerprint density at radius 2 is 2.31 bits per heavy atom. The van der Waals surface area contributed by atoms with Gasteiger partial charge in [-0.3, -0.25) is 9.36 Å². The lowest BCUT2D eigenvalue weighted by atomic mass is 10.3. The Labute approximate surface area is 76.0 Å². The quantitative estimate of drug-likeness (QED) is 0.675. The number of hydrogen-bond donors (Lipinski definition) is 0. The molecule has 2 aromatic rings. The molecule has 68 valence electrons. The second-order valence-corrected chi connectivity index (χ2v) is 2.85. The second kappa shape index (κ2) is 3.38. The summed E-state index contributed by atoms with van der Waals surface area (Å²) < 4.78 is 3.68. The SMILES string of the molecule is Cn1nccc1CCn1cncn1. The van der Waals surface area contributed by atoms with Gasteiger partial charge in [0.05, 0.1) is 0 Å². The molecule has 0 atom stereocenters. The number of nitrogens with zero attached hydrogens (tertiary/aromatic N) is 5.